The molecular formula is C27H37FN4O4S. The van der Waals surface area contributed by atoms with Crippen molar-refractivity contribution >= 4 is 27.7 Å². The normalized spacial score (nSPS) is 15.0. The first kappa shape index (κ1) is 28.6. The van der Waals surface area contributed by atoms with Gasteiger partial charge in [0, 0.05) is 26.7 Å². The van der Waals surface area contributed by atoms with Crippen LogP contribution >= 0.6 is 0 Å². The Morgan fingerprint density at radius 3 is 2.27 bits per heavy atom. The summed E-state index contributed by atoms with van der Waals surface area (Å²) in [5, 5.41) is 3.08. The van der Waals surface area contributed by atoms with E-state index >= 15 is 0 Å². The summed E-state index contributed by atoms with van der Waals surface area (Å²) in [5.74, 6) is -1.62. The summed E-state index contributed by atoms with van der Waals surface area (Å²) in [5.41, 5.74) is 1.55. The Bertz CT molecular complexity index is 1200. The first-order valence-corrected chi connectivity index (χ1v) is 14.0. The summed E-state index contributed by atoms with van der Waals surface area (Å²) in [7, 11) is -1.57. The lowest BCUT2D eigenvalue weighted by Gasteiger charge is -2.34. The molecule has 1 N–H and O–H groups in total. The second-order valence-corrected chi connectivity index (χ2v) is 11.7. The molecule has 1 aliphatic carbocycles. The van der Waals surface area contributed by atoms with Gasteiger partial charge in [0.05, 0.1) is 5.69 Å². The van der Waals surface area contributed by atoms with E-state index in [1.54, 1.807) is 0 Å². The van der Waals surface area contributed by atoms with E-state index in [9.17, 15) is 22.4 Å². The van der Waals surface area contributed by atoms with E-state index in [1.807, 2.05) is 38.1 Å². The van der Waals surface area contributed by atoms with E-state index in [0.717, 1.165) is 51.5 Å². The van der Waals surface area contributed by atoms with E-state index in [1.165, 1.54) is 37.2 Å². The van der Waals surface area contributed by atoms with Crippen LogP contribution in [0, 0.1) is 12.7 Å². The number of hydrogen-bond acceptors (Lipinski definition) is 4. The smallest absolute Gasteiger partial charge is 0.304 e. The zero-order valence-corrected chi connectivity index (χ0v) is 22.8. The number of benzene rings is 2. The Balaban J connectivity index is 1.99. The van der Waals surface area contributed by atoms with Gasteiger partial charge < -0.3 is 10.2 Å². The minimum absolute atomic E-state index is 0.0704. The van der Waals surface area contributed by atoms with E-state index in [4.69, 9.17) is 0 Å². The fourth-order valence-electron chi connectivity index (χ4n) is 4.61. The number of carbonyl (C=O) groups excluding carboxylic acids is 2. The van der Waals surface area contributed by atoms with Gasteiger partial charge in [0.2, 0.25) is 11.8 Å². The molecule has 37 heavy (non-hydrogen) atoms. The van der Waals surface area contributed by atoms with Crippen LogP contribution in [0.5, 0.6) is 0 Å². The molecule has 1 aliphatic rings. The number of rotatable bonds is 11. The van der Waals surface area contributed by atoms with Crippen molar-refractivity contribution in [3.63, 3.8) is 0 Å². The lowest BCUT2D eigenvalue weighted by Crippen LogP contribution is -2.54. The number of aryl methyl sites for hydroxylation is 1. The maximum absolute atomic E-state index is 14.8. The Kier molecular flexibility index (Phi) is 9.67. The van der Waals surface area contributed by atoms with Crippen molar-refractivity contribution in [2.75, 3.05) is 24.9 Å². The van der Waals surface area contributed by atoms with Gasteiger partial charge in [0.15, 0.2) is 0 Å². The molecule has 0 saturated heterocycles. The molecule has 1 saturated carbocycles. The van der Waals surface area contributed by atoms with Crippen molar-refractivity contribution in [3.05, 3.63) is 65.5 Å². The SMILES string of the molecule is CC[C@@H](C(=O)NC1CCCC1)N(Cc1ccccc1C)C(=O)CN(c1ccccc1F)S(=O)(=O)N(C)C. The molecule has 1 fully saturated rings. The highest BCUT2D eigenvalue weighted by Crippen LogP contribution is 2.25. The van der Waals surface area contributed by atoms with Crippen molar-refractivity contribution < 1.29 is 22.4 Å². The molecule has 0 aromatic heterocycles. The standard InChI is InChI=1S/C27H37FN4O4S/c1-5-24(27(34)29-22-14-8-9-15-22)31(18-21-13-7-6-12-20(21)2)26(33)19-32(37(35,36)30(3)4)25-17-11-10-16-23(25)28/h6-7,10-13,16-17,22,24H,5,8-9,14-15,18-19H2,1-4H3,(H,29,34)/t24-/m0/s1. The molecular weight excluding hydrogens is 495 g/mol. The predicted molar refractivity (Wildman–Crippen MR) is 143 cm³/mol. The zero-order valence-electron chi connectivity index (χ0n) is 22.0. The maximum atomic E-state index is 14.8. The largest absolute Gasteiger partial charge is 0.352 e. The molecule has 0 radical (unpaired) electrons. The molecule has 2 amide bonds. The van der Waals surface area contributed by atoms with Crippen LogP contribution in [0.1, 0.15) is 50.2 Å². The number of carbonyl (C=O) groups is 2. The van der Waals surface area contributed by atoms with Crippen LogP contribution < -0.4 is 9.62 Å². The van der Waals surface area contributed by atoms with Gasteiger partial charge >= 0.3 is 10.2 Å². The Labute approximate surface area is 219 Å². The molecule has 2 aromatic carbocycles. The van der Waals surface area contributed by atoms with Gasteiger partial charge in [-0.1, -0.05) is 56.2 Å². The van der Waals surface area contributed by atoms with E-state index in [2.05, 4.69) is 5.32 Å². The molecule has 0 heterocycles. The second-order valence-electron chi connectivity index (χ2n) is 9.61. The molecule has 0 spiro atoms. The van der Waals surface area contributed by atoms with Crippen LogP contribution in [0.15, 0.2) is 48.5 Å². The molecule has 0 aliphatic heterocycles. The third kappa shape index (κ3) is 6.87. The highest BCUT2D eigenvalue weighted by atomic mass is 32.2. The fourth-order valence-corrected chi connectivity index (χ4v) is 5.68. The maximum Gasteiger partial charge on any atom is 0.304 e. The topological polar surface area (TPSA) is 90.0 Å². The highest BCUT2D eigenvalue weighted by molar-refractivity contribution is 7.90. The number of nitrogens with one attached hydrogen (secondary N) is 1. The molecule has 8 nitrogen and oxygen atoms in total. The average molecular weight is 533 g/mol. The number of halogens is 1. The molecule has 202 valence electrons. The van der Waals surface area contributed by atoms with Gasteiger partial charge in [-0.25, -0.2) is 8.70 Å². The molecule has 0 bridgehead atoms. The molecule has 3 rings (SSSR count). The van der Waals surface area contributed by atoms with Crippen LogP contribution in [-0.4, -0.2) is 62.2 Å². The lowest BCUT2D eigenvalue weighted by atomic mass is 10.1. The third-order valence-corrected chi connectivity index (χ3v) is 8.64. The van der Waals surface area contributed by atoms with E-state index in [0.29, 0.717) is 6.42 Å². The molecule has 1 atom stereocenters. The second kappa shape index (κ2) is 12.5. The quantitative estimate of drug-likeness (QED) is 0.479. The summed E-state index contributed by atoms with van der Waals surface area (Å²) in [6.07, 6.45) is 4.24. The number of anilines is 1. The van der Waals surface area contributed by atoms with E-state index < -0.39 is 34.5 Å². The zero-order chi connectivity index (χ0) is 27.2. The average Bonchev–Trinajstić information content (AvgIpc) is 3.36. The van der Waals surface area contributed by atoms with Crippen LogP contribution in [0.2, 0.25) is 0 Å². The van der Waals surface area contributed by atoms with Gasteiger partial charge in [0.1, 0.15) is 18.4 Å². The van der Waals surface area contributed by atoms with Crippen molar-refractivity contribution in [1.82, 2.24) is 14.5 Å². The minimum Gasteiger partial charge on any atom is -0.352 e. The summed E-state index contributed by atoms with van der Waals surface area (Å²) < 4.78 is 42.8. The number of hydrogen-bond donors (Lipinski definition) is 1. The van der Waals surface area contributed by atoms with Gasteiger partial charge in [-0.05, 0) is 49.4 Å². The highest BCUT2D eigenvalue weighted by Gasteiger charge is 2.35. The third-order valence-electron chi connectivity index (χ3n) is 6.83. The number of amides is 2. The van der Waals surface area contributed by atoms with Crippen molar-refractivity contribution in [2.24, 2.45) is 0 Å². The Hall–Kier alpha value is -2.98. The summed E-state index contributed by atoms with van der Waals surface area (Å²) in [6.45, 7) is 3.21. The number of nitrogens with zero attached hydrogens (tertiary/aromatic N) is 3. The van der Waals surface area contributed by atoms with Crippen LogP contribution in [-0.2, 0) is 26.3 Å². The van der Waals surface area contributed by atoms with Crippen molar-refractivity contribution in [1.29, 1.82) is 0 Å². The van der Waals surface area contributed by atoms with Crippen molar-refractivity contribution in [2.45, 2.75) is 64.6 Å². The van der Waals surface area contributed by atoms with Crippen LogP contribution in [0.3, 0.4) is 0 Å². The van der Waals surface area contributed by atoms with Crippen molar-refractivity contribution in [3.8, 4) is 0 Å². The predicted octanol–water partition coefficient (Wildman–Crippen LogP) is 3.61. The first-order valence-electron chi connectivity index (χ1n) is 12.6. The number of para-hydroxylation sites is 1. The van der Waals surface area contributed by atoms with Gasteiger partial charge in [-0.15, -0.1) is 0 Å². The Morgan fingerprint density at radius 1 is 1.05 bits per heavy atom. The van der Waals surface area contributed by atoms with Gasteiger partial charge in [0.25, 0.3) is 0 Å². The monoisotopic (exact) mass is 532 g/mol. The molecule has 10 heteroatoms. The molecule has 0 unspecified atom stereocenters. The van der Waals surface area contributed by atoms with Gasteiger partial charge in [-0.2, -0.15) is 12.7 Å². The first-order chi connectivity index (χ1) is 17.6. The van der Waals surface area contributed by atoms with E-state index in [-0.39, 0.29) is 24.2 Å². The van der Waals surface area contributed by atoms with Crippen LogP contribution in [0.25, 0.3) is 0 Å². The Morgan fingerprint density at radius 2 is 1.68 bits per heavy atom. The lowest BCUT2D eigenvalue weighted by molar-refractivity contribution is -0.140. The van der Waals surface area contributed by atoms with Gasteiger partial charge in [-0.3, -0.25) is 9.59 Å². The fraction of sp³-hybridized carbons (Fsp3) is 0.481. The summed E-state index contributed by atoms with van der Waals surface area (Å²) >= 11 is 0. The molecule has 2 aromatic rings. The summed E-state index contributed by atoms with van der Waals surface area (Å²) in [4.78, 5) is 28.6. The summed E-state index contributed by atoms with van der Waals surface area (Å²) in [6, 6.07) is 12.2. The van der Waals surface area contributed by atoms with Crippen LogP contribution in [0.4, 0.5) is 10.1 Å². The minimum atomic E-state index is -4.22.